The van der Waals surface area contributed by atoms with E-state index in [9.17, 15) is 26.3 Å². The molecule has 0 aromatic carbocycles. The topological polar surface area (TPSA) is 38.9 Å². The van der Waals surface area contributed by atoms with Crippen molar-refractivity contribution >= 4 is 5.82 Å². The quantitative estimate of drug-likeness (QED) is 0.696. The van der Waals surface area contributed by atoms with Gasteiger partial charge in [-0.3, -0.25) is 0 Å². The van der Waals surface area contributed by atoms with E-state index in [0.29, 0.717) is 6.07 Å². The molecule has 2 nitrogen and oxygen atoms in total. The molecule has 0 saturated heterocycles. The van der Waals surface area contributed by atoms with Crippen molar-refractivity contribution in [2.24, 2.45) is 0 Å². The number of pyridine rings is 1. The van der Waals surface area contributed by atoms with Crippen molar-refractivity contribution in [2.75, 3.05) is 5.73 Å². The molecular weight excluding hydrogens is 226 g/mol. The second-order valence-corrected chi connectivity index (χ2v) is 2.66. The zero-order chi connectivity index (χ0) is 11.9. The predicted molar refractivity (Wildman–Crippen MR) is 38.7 cm³/mol. The van der Waals surface area contributed by atoms with Gasteiger partial charge in [0.2, 0.25) is 0 Å². The zero-order valence-electron chi connectivity index (χ0n) is 6.95. The van der Waals surface area contributed by atoms with Gasteiger partial charge in [0.25, 0.3) is 0 Å². The number of nitrogen functional groups attached to an aromatic ring is 1. The number of hydrogen-bond acceptors (Lipinski definition) is 2. The molecule has 0 amide bonds. The first kappa shape index (κ1) is 11.6. The summed E-state index contributed by atoms with van der Waals surface area (Å²) in [5.41, 5.74) is 1.71. The number of halogens is 6. The van der Waals surface area contributed by atoms with E-state index in [4.69, 9.17) is 5.73 Å². The van der Waals surface area contributed by atoms with Crippen LogP contribution in [0, 0.1) is 0 Å². The highest BCUT2D eigenvalue weighted by atomic mass is 19.4. The average Bonchev–Trinajstić information content (AvgIpc) is 1.99. The third-order valence-corrected chi connectivity index (χ3v) is 1.46. The van der Waals surface area contributed by atoms with Crippen molar-refractivity contribution in [1.82, 2.24) is 4.98 Å². The van der Waals surface area contributed by atoms with Gasteiger partial charge in [-0.25, -0.2) is 4.98 Å². The van der Waals surface area contributed by atoms with Crippen LogP contribution in [0.5, 0.6) is 0 Å². The van der Waals surface area contributed by atoms with Crippen LogP contribution < -0.4 is 5.73 Å². The Bertz CT molecular complexity index is 334. The summed E-state index contributed by atoms with van der Waals surface area (Å²) >= 11 is 0. The molecule has 0 aliphatic rings. The van der Waals surface area contributed by atoms with Crippen LogP contribution in [0.1, 0.15) is 11.3 Å². The number of nitrogens with two attached hydrogens (primary N) is 1. The zero-order valence-corrected chi connectivity index (χ0v) is 6.95. The molecule has 0 saturated carbocycles. The second kappa shape index (κ2) is 3.28. The SMILES string of the molecule is Nc1cc(C(F)(F)F)cc(C(F)(F)F)n1. The highest BCUT2D eigenvalue weighted by Gasteiger charge is 2.37. The summed E-state index contributed by atoms with van der Waals surface area (Å²) in [6, 6.07) is 0.256. The van der Waals surface area contributed by atoms with Gasteiger partial charge in [-0.2, -0.15) is 26.3 Å². The van der Waals surface area contributed by atoms with Crippen molar-refractivity contribution < 1.29 is 26.3 Å². The van der Waals surface area contributed by atoms with E-state index in [-0.39, 0.29) is 6.07 Å². The van der Waals surface area contributed by atoms with Crippen molar-refractivity contribution in [3.63, 3.8) is 0 Å². The second-order valence-electron chi connectivity index (χ2n) is 2.66. The van der Waals surface area contributed by atoms with Crippen LogP contribution in [0.15, 0.2) is 12.1 Å². The van der Waals surface area contributed by atoms with E-state index in [2.05, 4.69) is 4.98 Å². The fourth-order valence-electron chi connectivity index (χ4n) is 0.861. The molecule has 8 heteroatoms. The minimum atomic E-state index is -4.95. The maximum Gasteiger partial charge on any atom is 0.433 e. The highest BCUT2D eigenvalue weighted by Crippen LogP contribution is 2.35. The number of alkyl halides is 6. The molecule has 0 unspecified atom stereocenters. The van der Waals surface area contributed by atoms with E-state index in [0.717, 1.165) is 0 Å². The predicted octanol–water partition coefficient (Wildman–Crippen LogP) is 2.70. The summed E-state index contributed by atoms with van der Waals surface area (Å²) in [7, 11) is 0. The van der Waals surface area contributed by atoms with E-state index < -0.39 is 29.4 Å². The number of rotatable bonds is 0. The fourth-order valence-corrected chi connectivity index (χ4v) is 0.861. The van der Waals surface area contributed by atoms with Gasteiger partial charge in [-0.15, -0.1) is 0 Å². The van der Waals surface area contributed by atoms with Gasteiger partial charge in [0.05, 0.1) is 5.56 Å². The van der Waals surface area contributed by atoms with Gasteiger partial charge < -0.3 is 5.73 Å². The molecule has 1 rings (SSSR count). The molecule has 1 heterocycles. The summed E-state index contributed by atoms with van der Waals surface area (Å²) in [6.45, 7) is 0. The lowest BCUT2D eigenvalue weighted by Gasteiger charge is -2.11. The molecule has 2 N–H and O–H groups in total. The van der Waals surface area contributed by atoms with Gasteiger partial charge in [0.1, 0.15) is 11.5 Å². The molecule has 1 aromatic heterocycles. The Balaban J connectivity index is 3.30. The van der Waals surface area contributed by atoms with Crippen molar-refractivity contribution in [1.29, 1.82) is 0 Å². The average molecular weight is 230 g/mol. The van der Waals surface area contributed by atoms with E-state index in [1.165, 1.54) is 0 Å². The molecule has 0 spiro atoms. The van der Waals surface area contributed by atoms with Crippen LogP contribution in [0.4, 0.5) is 32.2 Å². The lowest BCUT2D eigenvalue weighted by Crippen LogP contribution is -2.14. The Morgan fingerprint density at radius 1 is 0.933 bits per heavy atom. The van der Waals surface area contributed by atoms with Crippen molar-refractivity contribution in [3.8, 4) is 0 Å². The Morgan fingerprint density at radius 2 is 1.47 bits per heavy atom. The molecule has 0 radical (unpaired) electrons. The molecule has 84 valence electrons. The fraction of sp³-hybridized carbons (Fsp3) is 0.286. The molecule has 0 atom stereocenters. The van der Waals surface area contributed by atoms with E-state index >= 15 is 0 Å². The Morgan fingerprint density at radius 3 is 1.87 bits per heavy atom. The van der Waals surface area contributed by atoms with Gasteiger partial charge in [0.15, 0.2) is 0 Å². The number of nitrogens with zero attached hydrogens (tertiary/aromatic N) is 1. The first-order chi connectivity index (χ1) is 6.60. The maximum atomic E-state index is 12.1. The first-order valence-corrected chi connectivity index (χ1v) is 3.52. The number of anilines is 1. The molecule has 15 heavy (non-hydrogen) atoms. The Hall–Kier alpha value is -1.47. The largest absolute Gasteiger partial charge is 0.433 e. The standard InChI is InChI=1S/C7H4F6N2/c8-6(9,10)3-1-4(7(11,12)13)15-5(14)2-3/h1-2H,(H2,14,15). The monoisotopic (exact) mass is 230 g/mol. The first-order valence-electron chi connectivity index (χ1n) is 3.52. The molecule has 0 aliphatic heterocycles. The van der Waals surface area contributed by atoms with Gasteiger partial charge in [-0.05, 0) is 12.1 Å². The minimum absolute atomic E-state index is 0.0869. The summed E-state index contributed by atoms with van der Waals surface area (Å²) in [6.07, 6.45) is -9.83. The van der Waals surface area contributed by atoms with Gasteiger partial charge in [0, 0.05) is 0 Å². The smallest absolute Gasteiger partial charge is 0.384 e. The highest BCUT2D eigenvalue weighted by molar-refractivity contribution is 5.37. The third-order valence-electron chi connectivity index (χ3n) is 1.46. The van der Waals surface area contributed by atoms with E-state index in [1.54, 1.807) is 0 Å². The summed E-state index contributed by atoms with van der Waals surface area (Å²) in [5, 5.41) is 0. The molecular formula is C7H4F6N2. The molecule has 0 aliphatic carbocycles. The number of hydrogen-bond donors (Lipinski definition) is 1. The lowest BCUT2D eigenvalue weighted by molar-refractivity contribution is -0.145. The van der Waals surface area contributed by atoms with Crippen LogP contribution in [-0.4, -0.2) is 4.98 Å². The van der Waals surface area contributed by atoms with Crippen LogP contribution in [0.2, 0.25) is 0 Å². The summed E-state index contributed by atoms with van der Waals surface area (Å²) < 4.78 is 72.4. The Labute approximate surface area is 79.7 Å². The van der Waals surface area contributed by atoms with Crippen molar-refractivity contribution in [3.05, 3.63) is 23.4 Å². The Kier molecular flexibility index (Phi) is 2.54. The number of aromatic nitrogens is 1. The van der Waals surface area contributed by atoms with Gasteiger partial charge >= 0.3 is 12.4 Å². The lowest BCUT2D eigenvalue weighted by atomic mass is 10.2. The summed E-state index contributed by atoms with van der Waals surface area (Å²) in [4.78, 5) is 2.77. The summed E-state index contributed by atoms with van der Waals surface area (Å²) in [5.74, 6) is -0.822. The molecule has 0 fully saturated rings. The van der Waals surface area contributed by atoms with Crippen LogP contribution in [-0.2, 0) is 12.4 Å². The normalized spacial score (nSPS) is 12.9. The minimum Gasteiger partial charge on any atom is -0.384 e. The maximum absolute atomic E-state index is 12.1. The molecule has 0 bridgehead atoms. The van der Waals surface area contributed by atoms with Crippen LogP contribution in [0.25, 0.3) is 0 Å². The van der Waals surface area contributed by atoms with Crippen molar-refractivity contribution in [2.45, 2.75) is 12.4 Å². The van der Waals surface area contributed by atoms with E-state index in [1.807, 2.05) is 0 Å². The van der Waals surface area contributed by atoms with Crippen LogP contribution in [0.3, 0.4) is 0 Å². The van der Waals surface area contributed by atoms with Gasteiger partial charge in [-0.1, -0.05) is 0 Å². The molecule has 1 aromatic rings. The van der Waals surface area contributed by atoms with Crippen LogP contribution >= 0.6 is 0 Å². The third kappa shape index (κ3) is 2.74.